The van der Waals surface area contributed by atoms with Gasteiger partial charge in [0.05, 0.1) is 11.1 Å². The average molecular weight is 280 g/mol. The van der Waals surface area contributed by atoms with Gasteiger partial charge in [0.15, 0.2) is 0 Å². The summed E-state index contributed by atoms with van der Waals surface area (Å²) in [6, 6.07) is 0. The van der Waals surface area contributed by atoms with Gasteiger partial charge in [-0.25, -0.2) is 0 Å². The third-order valence-electron chi connectivity index (χ3n) is 4.12. The number of aliphatic carboxylic acids is 1. The van der Waals surface area contributed by atoms with E-state index in [1.165, 1.54) is 0 Å². The van der Waals surface area contributed by atoms with E-state index in [1.54, 1.807) is 25.6 Å². The van der Waals surface area contributed by atoms with Gasteiger partial charge in [0.2, 0.25) is 0 Å². The maximum atomic E-state index is 11.6. The smallest absolute Gasteiger partial charge is 0.309 e. The van der Waals surface area contributed by atoms with Crippen LogP contribution in [0.4, 0.5) is 5.82 Å². The summed E-state index contributed by atoms with van der Waals surface area (Å²) >= 11 is 0. The Bertz CT molecular complexity index is 556. The van der Waals surface area contributed by atoms with Crippen LogP contribution in [0.5, 0.6) is 0 Å². The maximum Gasteiger partial charge on any atom is 0.309 e. The predicted molar refractivity (Wildman–Crippen MR) is 73.7 cm³/mol. The van der Waals surface area contributed by atoms with Crippen LogP contribution in [0.1, 0.15) is 35.8 Å². The second-order valence-electron chi connectivity index (χ2n) is 5.62. The highest BCUT2D eigenvalue weighted by Crippen LogP contribution is 2.34. The average Bonchev–Trinajstić information content (AvgIpc) is 2.65. The van der Waals surface area contributed by atoms with E-state index in [2.05, 4.69) is 5.10 Å². The fourth-order valence-electron chi connectivity index (χ4n) is 2.72. The largest absolute Gasteiger partial charge is 0.481 e. The van der Waals surface area contributed by atoms with E-state index in [0.717, 1.165) is 0 Å². The highest BCUT2D eigenvalue weighted by molar-refractivity contribution is 5.99. The quantitative estimate of drug-likeness (QED) is 0.840. The number of amides is 1. The molecule has 0 spiro atoms. The summed E-state index contributed by atoms with van der Waals surface area (Å²) in [5, 5.41) is 13.5. The van der Waals surface area contributed by atoms with Crippen LogP contribution < -0.4 is 10.6 Å². The summed E-state index contributed by atoms with van der Waals surface area (Å²) < 4.78 is 1.64. The van der Waals surface area contributed by atoms with Gasteiger partial charge in [-0.2, -0.15) is 5.10 Å². The molecule has 1 aromatic rings. The molecule has 0 atom stereocenters. The van der Waals surface area contributed by atoms with Crippen molar-refractivity contribution in [1.29, 1.82) is 0 Å². The number of primary amides is 1. The topological polar surface area (TPSA) is 101 Å². The number of piperidine rings is 1. The van der Waals surface area contributed by atoms with Crippen molar-refractivity contribution in [2.75, 3.05) is 18.0 Å². The molecule has 1 aliphatic heterocycles. The molecule has 1 fully saturated rings. The third-order valence-corrected chi connectivity index (χ3v) is 4.12. The monoisotopic (exact) mass is 280 g/mol. The number of hydrogen-bond donors (Lipinski definition) is 2. The zero-order valence-electron chi connectivity index (χ0n) is 12.0. The molecule has 1 saturated heterocycles. The Kier molecular flexibility index (Phi) is 3.45. The van der Waals surface area contributed by atoms with Gasteiger partial charge in [0.1, 0.15) is 11.4 Å². The van der Waals surface area contributed by atoms with E-state index < -0.39 is 17.3 Å². The van der Waals surface area contributed by atoms with Crippen LogP contribution in [0.3, 0.4) is 0 Å². The Morgan fingerprint density at radius 1 is 1.35 bits per heavy atom. The number of carbonyl (C=O) groups excluding carboxylic acids is 1. The summed E-state index contributed by atoms with van der Waals surface area (Å²) in [6.07, 6.45) is 1.07. The number of hydrogen-bond acceptors (Lipinski definition) is 4. The second-order valence-corrected chi connectivity index (χ2v) is 5.62. The molecule has 7 nitrogen and oxygen atoms in total. The molecule has 0 radical (unpaired) electrons. The lowest BCUT2D eigenvalue weighted by atomic mass is 9.80. The van der Waals surface area contributed by atoms with Crippen molar-refractivity contribution in [2.24, 2.45) is 18.2 Å². The fourth-order valence-corrected chi connectivity index (χ4v) is 2.72. The van der Waals surface area contributed by atoms with E-state index >= 15 is 0 Å². The van der Waals surface area contributed by atoms with Crippen LogP contribution >= 0.6 is 0 Å². The number of rotatable bonds is 3. The number of aromatic nitrogens is 2. The lowest BCUT2D eigenvalue weighted by molar-refractivity contribution is -0.149. The normalized spacial score (nSPS) is 18.1. The van der Waals surface area contributed by atoms with Crippen LogP contribution in [0.25, 0.3) is 0 Å². The number of nitrogens with two attached hydrogens (primary N) is 1. The molecule has 0 unspecified atom stereocenters. The van der Waals surface area contributed by atoms with Crippen molar-refractivity contribution in [3.8, 4) is 0 Å². The molecule has 110 valence electrons. The second kappa shape index (κ2) is 4.81. The molecule has 3 N–H and O–H groups in total. The number of anilines is 1. The minimum atomic E-state index is -0.770. The zero-order chi connectivity index (χ0) is 15.1. The first-order chi connectivity index (χ1) is 9.26. The molecular weight excluding hydrogens is 260 g/mol. The van der Waals surface area contributed by atoms with Crippen molar-refractivity contribution >= 4 is 17.7 Å². The first-order valence-electron chi connectivity index (χ1n) is 6.58. The predicted octanol–water partition coefficient (Wildman–Crippen LogP) is 0.519. The number of nitrogens with zero attached hydrogens (tertiary/aromatic N) is 3. The third kappa shape index (κ3) is 2.23. The van der Waals surface area contributed by atoms with Crippen molar-refractivity contribution < 1.29 is 14.7 Å². The van der Waals surface area contributed by atoms with Gasteiger partial charge in [0.25, 0.3) is 5.91 Å². The molecule has 0 bridgehead atoms. The minimum absolute atomic E-state index is 0.423. The Morgan fingerprint density at radius 3 is 2.35 bits per heavy atom. The Labute approximate surface area is 117 Å². The highest BCUT2D eigenvalue weighted by atomic mass is 16.4. The van der Waals surface area contributed by atoms with Gasteiger partial charge in [-0.05, 0) is 26.7 Å². The molecule has 0 saturated carbocycles. The van der Waals surface area contributed by atoms with Gasteiger partial charge in [-0.1, -0.05) is 0 Å². The Balaban J connectivity index is 2.28. The van der Waals surface area contributed by atoms with E-state index in [-0.39, 0.29) is 0 Å². The number of carbonyl (C=O) groups is 2. The van der Waals surface area contributed by atoms with Crippen LogP contribution in [0, 0.1) is 12.3 Å². The van der Waals surface area contributed by atoms with Crippen LogP contribution in [-0.4, -0.2) is 39.9 Å². The number of carboxylic acid groups (broad SMARTS) is 1. The molecule has 7 heteroatoms. The van der Waals surface area contributed by atoms with Gasteiger partial charge < -0.3 is 15.7 Å². The zero-order valence-corrected chi connectivity index (χ0v) is 12.0. The minimum Gasteiger partial charge on any atom is -0.481 e. The van der Waals surface area contributed by atoms with Crippen LogP contribution in [0.2, 0.25) is 0 Å². The summed E-state index contributed by atoms with van der Waals surface area (Å²) in [6.45, 7) is 4.65. The molecule has 1 amide bonds. The molecule has 1 aromatic heterocycles. The van der Waals surface area contributed by atoms with Crippen molar-refractivity contribution in [1.82, 2.24) is 9.78 Å². The summed E-state index contributed by atoms with van der Waals surface area (Å²) in [7, 11) is 1.76. The first-order valence-corrected chi connectivity index (χ1v) is 6.58. The van der Waals surface area contributed by atoms with Crippen molar-refractivity contribution in [2.45, 2.75) is 26.7 Å². The molecule has 0 aromatic carbocycles. The Morgan fingerprint density at radius 2 is 1.90 bits per heavy atom. The van der Waals surface area contributed by atoms with Crippen LogP contribution in [-0.2, 0) is 11.8 Å². The fraction of sp³-hybridized carbons (Fsp3) is 0.615. The number of carboxylic acids is 1. The lowest BCUT2D eigenvalue weighted by Gasteiger charge is -2.37. The number of aryl methyl sites for hydroxylation is 2. The molecule has 1 aliphatic rings. The van der Waals surface area contributed by atoms with E-state index in [4.69, 9.17) is 5.73 Å². The van der Waals surface area contributed by atoms with Crippen molar-refractivity contribution in [3.05, 3.63) is 11.3 Å². The maximum absolute atomic E-state index is 11.6. The Hall–Kier alpha value is -2.05. The van der Waals surface area contributed by atoms with Crippen molar-refractivity contribution in [3.63, 3.8) is 0 Å². The highest BCUT2D eigenvalue weighted by Gasteiger charge is 2.38. The standard InChI is InChI=1S/C13H20N4O3/c1-8-9(10(14)18)11(16(3)15-8)17-6-4-13(2,5-7-17)12(19)20/h4-7H2,1-3H3,(H2,14,18)(H,19,20). The molecule has 20 heavy (non-hydrogen) atoms. The van der Waals surface area contributed by atoms with Gasteiger partial charge in [-0.15, -0.1) is 0 Å². The molecule has 2 rings (SSSR count). The summed E-state index contributed by atoms with van der Waals surface area (Å²) in [5.41, 5.74) is 5.75. The van der Waals surface area contributed by atoms with E-state index in [1.807, 2.05) is 4.90 Å². The summed E-state index contributed by atoms with van der Waals surface area (Å²) in [5.74, 6) is -0.590. The van der Waals surface area contributed by atoms with Crippen LogP contribution in [0.15, 0.2) is 0 Å². The first kappa shape index (κ1) is 14.4. The van der Waals surface area contributed by atoms with Gasteiger partial charge in [0, 0.05) is 20.1 Å². The van der Waals surface area contributed by atoms with Gasteiger partial charge >= 0.3 is 5.97 Å². The summed E-state index contributed by atoms with van der Waals surface area (Å²) in [4.78, 5) is 24.8. The molecule has 0 aliphatic carbocycles. The lowest BCUT2D eigenvalue weighted by Crippen LogP contribution is -2.43. The van der Waals surface area contributed by atoms with Gasteiger partial charge in [-0.3, -0.25) is 14.3 Å². The molecule has 2 heterocycles. The SMILES string of the molecule is Cc1nn(C)c(N2CCC(C)(C(=O)O)CC2)c1C(N)=O. The van der Waals surface area contributed by atoms with E-state index in [9.17, 15) is 14.7 Å². The van der Waals surface area contributed by atoms with E-state index in [0.29, 0.717) is 43.0 Å². The molecular formula is C13H20N4O3.